The molecule has 1 saturated heterocycles. The molecule has 0 bridgehead atoms. The van der Waals surface area contributed by atoms with E-state index in [0.29, 0.717) is 35.0 Å². The number of nitrogens with two attached hydrogens (primary N) is 1. The predicted molar refractivity (Wildman–Crippen MR) is 114 cm³/mol. The molecule has 0 aliphatic carbocycles. The Morgan fingerprint density at radius 2 is 2.22 bits per heavy atom. The van der Waals surface area contributed by atoms with Crippen LogP contribution in [-0.4, -0.2) is 49.8 Å². The molecule has 4 N–H and O–H groups in total. The number of pyridine rings is 1. The molecule has 4 aromatic rings. The first-order valence-electron chi connectivity index (χ1n) is 10.3. The van der Waals surface area contributed by atoms with Crippen LogP contribution in [0.1, 0.15) is 18.7 Å². The van der Waals surface area contributed by atoms with Crippen LogP contribution >= 0.6 is 0 Å². The molecular formula is C21H21F2N7O2. The first kappa shape index (κ1) is 20.3. The molecule has 1 aromatic carbocycles. The number of aromatic amines is 1. The number of fused-ring (bicyclic) bond motifs is 3. The monoisotopic (exact) mass is 441 g/mol. The summed E-state index contributed by atoms with van der Waals surface area (Å²) in [6.07, 6.45) is 0.0263. The topological polar surface area (TPSA) is 124 Å². The van der Waals surface area contributed by atoms with Crippen LogP contribution in [0.3, 0.4) is 0 Å². The summed E-state index contributed by atoms with van der Waals surface area (Å²) < 4.78 is 33.8. The number of rotatable bonds is 6. The third kappa shape index (κ3) is 3.64. The molecule has 1 unspecified atom stereocenters. The van der Waals surface area contributed by atoms with Gasteiger partial charge in [0.05, 0.1) is 29.8 Å². The summed E-state index contributed by atoms with van der Waals surface area (Å²) in [5.41, 5.74) is 9.03. The number of carbonyl (C=O) groups excluding carboxylic acids is 1. The number of alkyl halides is 2. The van der Waals surface area contributed by atoms with Crippen LogP contribution in [0.15, 0.2) is 30.5 Å². The largest absolute Gasteiger partial charge is 0.382 e. The van der Waals surface area contributed by atoms with Crippen LogP contribution in [0.25, 0.3) is 33.2 Å². The Morgan fingerprint density at radius 3 is 2.94 bits per heavy atom. The highest BCUT2D eigenvalue weighted by Gasteiger charge is 2.25. The zero-order valence-electron chi connectivity index (χ0n) is 17.0. The molecule has 0 radical (unpaired) electrons. The maximum Gasteiger partial charge on any atom is 0.256 e. The molecule has 1 aliphatic rings. The van der Waals surface area contributed by atoms with Crippen molar-refractivity contribution < 1.29 is 18.3 Å². The number of nitrogens with one attached hydrogen (secondary N) is 2. The quantitative estimate of drug-likeness (QED) is 0.423. The standard InChI is InChI=1S/C21H21F2N7O2/c22-16(23)10-30-17(9-25-21(31)15-2-1-7-32-15)28-18-19(30)12-4-3-11(13-5-6-26-29-13)8-14(12)27-20(18)24/h3-6,8,15-16H,1-2,7,9-10H2,(H2,24,27)(H,25,31)(H,26,29). The second-order valence-corrected chi connectivity index (χ2v) is 7.63. The van der Waals surface area contributed by atoms with Gasteiger partial charge in [-0.2, -0.15) is 5.10 Å². The van der Waals surface area contributed by atoms with Gasteiger partial charge in [0.2, 0.25) is 5.91 Å². The summed E-state index contributed by atoms with van der Waals surface area (Å²) in [6.45, 7) is -0.0654. The van der Waals surface area contributed by atoms with Crippen LogP contribution in [-0.2, 0) is 22.6 Å². The van der Waals surface area contributed by atoms with Crippen LogP contribution in [0, 0.1) is 0 Å². The minimum atomic E-state index is -2.62. The van der Waals surface area contributed by atoms with E-state index in [1.807, 2.05) is 12.1 Å². The summed E-state index contributed by atoms with van der Waals surface area (Å²) in [5, 5.41) is 10.3. The van der Waals surface area contributed by atoms with E-state index in [-0.39, 0.29) is 24.1 Å². The maximum absolute atomic E-state index is 13.5. The minimum absolute atomic E-state index is 0.0214. The van der Waals surface area contributed by atoms with E-state index in [1.54, 1.807) is 18.3 Å². The highest BCUT2D eigenvalue weighted by atomic mass is 19.3. The maximum atomic E-state index is 13.5. The molecule has 32 heavy (non-hydrogen) atoms. The van der Waals surface area contributed by atoms with Gasteiger partial charge >= 0.3 is 0 Å². The van der Waals surface area contributed by atoms with Crippen molar-refractivity contribution >= 4 is 33.7 Å². The van der Waals surface area contributed by atoms with E-state index in [0.717, 1.165) is 17.7 Å². The van der Waals surface area contributed by atoms with Crippen LogP contribution in [0.5, 0.6) is 0 Å². The molecule has 166 valence electrons. The molecule has 5 rings (SSSR count). The molecule has 4 heterocycles. The average Bonchev–Trinajstić information content (AvgIpc) is 3.53. The first-order valence-corrected chi connectivity index (χ1v) is 10.3. The fraction of sp³-hybridized carbons (Fsp3) is 0.333. The number of H-pyrrole nitrogens is 1. The lowest BCUT2D eigenvalue weighted by molar-refractivity contribution is -0.130. The minimum Gasteiger partial charge on any atom is -0.382 e. The highest BCUT2D eigenvalue weighted by molar-refractivity contribution is 6.07. The molecule has 1 fully saturated rings. The number of carbonyl (C=O) groups is 1. The van der Waals surface area contributed by atoms with Gasteiger partial charge < -0.3 is 20.4 Å². The molecule has 3 aromatic heterocycles. The summed E-state index contributed by atoms with van der Waals surface area (Å²) in [5.74, 6) is 0.133. The number of hydrogen-bond donors (Lipinski definition) is 3. The Balaban J connectivity index is 1.58. The molecule has 9 nitrogen and oxygen atoms in total. The number of imidazole rings is 1. The van der Waals surface area contributed by atoms with E-state index in [2.05, 4.69) is 25.5 Å². The van der Waals surface area contributed by atoms with Gasteiger partial charge in [-0.25, -0.2) is 18.7 Å². The Kier molecular flexibility index (Phi) is 5.17. The van der Waals surface area contributed by atoms with E-state index in [9.17, 15) is 13.6 Å². The predicted octanol–water partition coefficient (Wildman–Crippen LogP) is 2.62. The number of hydrogen-bond acceptors (Lipinski definition) is 6. The van der Waals surface area contributed by atoms with E-state index >= 15 is 0 Å². The Bertz CT molecular complexity index is 1280. The molecule has 1 amide bonds. The second kappa shape index (κ2) is 8.15. The highest BCUT2D eigenvalue weighted by Crippen LogP contribution is 2.32. The number of halogens is 2. The molecular weight excluding hydrogens is 420 g/mol. The number of aromatic nitrogens is 5. The number of amides is 1. The fourth-order valence-corrected chi connectivity index (χ4v) is 4.07. The van der Waals surface area contributed by atoms with Crippen molar-refractivity contribution in [2.24, 2.45) is 0 Å². The lowest BCUT2D eigenvalue weighted by atomic mass is 10.1. The van der Waals surface area contributed by atoms with Crippen LogP contribution < -0.4 is 11.1 Å². The molecule has 0 saturated carbocycles. The fourth-order valence-electron chi connectivity index (χ4n) is 4.07. The van der Waals surface area contributed by atoms with E-state index in [4.69, 9.17) is 10.5 Å². The van der Waals surface area contributed by atoms with Crippen LogP contribution in [0.2, 0.25) is 0 Å². The van der Waals surface area contributed by atoms with E-state index in [1.165, 1.54) is 4.57 Å². The van der Waals surface area contributed by atoms with Gasteiger partial charge in [0.1, 0.15) is 17.4 Å². The zero-order valence-corrected chi connectivity index (χ0v) is 17.0. The third-order valence-electron chi connectivity index (χ3n) is 5.54. The van der Waals surface area contributed by atoms with Crippen molar-refractivity contribution in [3.8, 4) is 11.3 Å². The Hall–Kier alpha value is -3.60. The van der Waals surface area contributed by atoms with Gasteiger partial charge in [0, 0.05) is 23.8 Å². The third-order valence-corrected chi connectivity index (χ3v) is 5.54. The lowest BCUT2D eigenvalue weighted by Crippen LogP contribution is -2.34. The second-order valence-electron chi connectivity index (χ2n) is 7.63. The van der Waals surface area contributed by atoms with Crippen molar-refractivity contribution in [1.82, 2.24) is 30.0 Å². The summed E-state index contributed by atoms with van der Waals surface area (Å²) >= 11 is 0. The number of nitrogens with zero attached hydrogens (tertiary/aromatic N) is 4. The Morgan fingerprint density at radius 1 is 1.34 bits per heavy atom. The summed E-state index contributed by atoms with van der Waals surface area (Å²) in [4.78, 5) is 21.2. The van der Waals surface area contributed by atoms with Gasteiger partial charge in [0.25, 0.3) is 6.43 Å². The Labute approximate surface area is 181 Å². The van der Waals surface area contributed by atoms with Gasteiger partial charge in [-0.05, 0) is 31.0 Å². The smallest absolute Gasteiger partial charge is 0.256 e. The molecule has 1 atom stereocenters. The van der Waals surface area contributed by atoms with Crippen molar-refractivity contribution in [2.75, 3.05) is 12.3 Å². The van der Waals surface area contributed by atoms with Crippen molar-refractivity contribution in [2.45, 2.75) is 38.5 Å². The van der Waals surface area contributed by atoms with Gasteiger partial charge in [-0.1, -0.05) is 6.07 Å². The number of nitrogen functional groups attached to an aromatic ring is 1. The number of anilines is 1. The summed E-state index contributed by atoms with van der Waals surface area (Å²) in [6, 6.07) is 7.26. The first-order chi connectivity index (χ1) is 15.5. The van der Waals surface area contributed by atoms with Crippen LogP contribution in [0.4, 0.5) is 14.6 Å². The number of ether oxygens (including phenoxy) is 1. The lowest BCUT2D eigenvalue weighted by Gasteiger charge is -2.13. The van der Waals surface area contributed by atoms with Gasteiger partial charge in [0.15, 0.2) is 5.82 Å². The van der Waals surface area contributed by atoms with Gasteiger partial charge in [-0.3, -0.25) is 9.89 Å². The molecule has 11 heteroatoms. The van der Waals surface area contributed by atoms with Crippen molar-refractivity contribution in [1.29, 1.82) is 0 Å². The zero-order chi connectivity index (χ0) is 22.2. The van der Waals surface area contributed by atoms with Crippen molar-refractivity contribution in [3.05, 3.63) is 36.3 Å². The summed E-state index contributed by atoms with van der Waals surface area (Å²) in [7, 11) is 0. The number of benzene rings is 1. The molecule has 1 aliphatic heterocycles. The average molecular weight is 441 g/mol. The van der Waals surface area contributed by atoms with Crippen molar-refractivity contribution in [3.63, 3.8) is 0 Å². The normalized spacial score (nSPS) is 16.4. The molecule has 0 spiro atoms. The van der Waals surface area contributed by atoms with E-state index < -0.39 is 19.1 Å². The SMILES string of the molecule is Nc1nc2cc(-c3cc[nH]n3)ccc2c2c1nc(CNC(=O)C1CCCO1)n2CC(F)F. The van der Waals surface area contributed by atoms with Gasteiger partial charge in [-0.15, -0.1) is 0 Å².